The lowest BCUT2D eigenvalue weighted by Crippen LogP contribution is -2.19. The molecule has 0 heterocycles. The van der Waals surface area contributed by atoms with E-state index in [1.54, 1.807) is 0 Å². The van der Waals surface area contributed by atoms with E-state index in [-0.39, 0.29) is 6.42 Å². The quantitative estimate of drug-likeness (QED) is 0.642. The van der Waals surface area contributed by atoms with Crippen LogP contribution in [0.4, 0.5) is 13.2 Å². The second kappa shape index (κ2) is 4.84. The molecule has 78 valence electrons. The van der Waals surface area contributed by atoms with Crippen LogP contribution in [0.15, 0.2) is 0 Å². The van der Waals surface area contributed by atoms with Crippen molar-refractivity contribution < 1.29 is 13.2 Å². The van der Waals surface area contributed by atoms with Crippen LogP contribution < -0.4 is 5.32 Å². The lowest BCUT2D eigenvalue weighted by atomic mass is 10.2. The van der Waals surface area contributed by atoms with E-state index in [9.17, 15) is 13.2 Å². The normalized spacial score (nSPS) is 17.8. The van der Waals surface area contributed by atoms with Crippen molar-refractivity contribution in [1.82, 2.24) is 5.32 Å². The predicted molar refractivity (Wildman–Crippen MR) is 45.5 cm³/mol. The summed E-state index contributed by atoms with van der Waals surface area (Å²) in [5, 5.41) is 3.03. The summed E-state index contributed by atoms with van der Waals surface area (Å²) >= 11 is 0. The lowest BCUT2D eigenvalue weighted by molar-refractivity contribution is -0.135. The molecule has 0 radical (unpaired) electrons. The van der Waals surface area contributed by atoms with Crippen LogP contribution >= 0.6 is 0 Å². The van der Waals surface area contributed by atoms with Gasteiger partial charge in [0.05, 0.1) is 0 Å². The molecule has 1 aliphatic carbocycles. The lowest BCUT2D eigenvalue weighted by Gasteiger charge is -2.06. The van der Waals surface area contributed by atoms with Crippen LogP contribution in [0.2, 0.25) is 0 Å². The molecule has 1 fully saturated rings. The Kier molecular flexibility index (Phi) is 4.03. The Labute approximate surface area is 76.7 Å². The highest BCUT2D eigenvalue weighted by molar-refractivity contribution is 4.73. The molecule has 0 aromatic heterocycles. The van der Waals surface area contributed by atoms with Gasteiger partial charge in [-0.25, -0.2) is 0 Å². The predicted octanol–water partition coefficient (Wildman–Crippen LogP) is 2.72. The van der Waals surface area contributed by atoms with E-state index in [1.807, 2.05) is 0 Å². The third kappa shape index (κ3) is 6.87. The van der Waals surface area contributed by atoms with E-state index in [4.69, 9.17) is 0 Å². The van der Waals surface area contributed by atoms with Crippen LogP contribution in [0.1, 0.15) is 32.1 Å². The second-order valence-corrected chi connectivity index (χ2v) is 3.70. The molecule has 1 rings (SSSR count). The monoisotopic (exact) mass is 195 g/mol. The Morgan fingerprint density at radius 3 is 2.38 bits per heavy atom. The first-order chi connectivity index (χ1) is 6.08. The van der Waals surface area contributed by atoms with Gasteiger partial charge in [0, 0.05) is 6.42 Å². The van der Waals surface area contributed by atoms with Crippen LogP contribution in [0.5, 0.6) is 0 Å². The maximum atomic E-state index is 11.7. The van der Waals surface area contributed by atoms with Crippen molar-refractivity contribution in [2.75, 3.05) is 13.1 Å². The van der Waals surface area contributed by atoms with Crippen molar-refractivity contribution in [3.8, 4) is 0 Å². The molecule has 1 N–H and O–H groups in total. The minimum atomic E-state index is -3.99. The van der Waals surface area contributed by atoms with Gasteiger partial charge in [-0.05, 0) is 31.8 Å². The maximum Gasteiger partial charge on any atom is 0.389 e. The summed E-state index contributed by atoms with van der Waals surface area (Å²) in [7, 11) is 0. The molecule has 1 aliphatic rings. The number of hydrogen-bond donors (Lipinski definition) is 1. The zero-order chi connectivity index (χ0) is 9.73. The van der Waals surface area contributed by atoms with Crippen molar-refractivity contribution in [1.29, 1.82) is 0 Å². The molecule has 0 saturated heterocycles. The van der Waals surface area contributed by atoms with Gasteiger partial charge in [0.2, 0.25) is 0 Å². The molecule has 0 amide bonds. The fourth-order valence-corrected chi connectivity index (χ4v) is 1.25. The van der Waals surface area contributed by atoms with Gasteiger partial charge in [0.25, 0.3) is 0 Å². The highest BCUT2D eigenvalue weighted by Gasteiger charge is 2.25. The molecule has 0 spiro atoms. The van der Waals surface area contributed by atoms with Gasteiger partial charge in [0.1, 0.15) is 0 Å². The first-order valence-electron chi connectivity index (χ1n) is 4.85. The van der Waals surface area contributed by atoms with Crippen molar-refractivity contribution in [2.24, 2.45) is 5.92 Å². The van der Waals surface area contributed by atoms with Crippen LogP contribution in [0.3, 0.4) is 0 Å². The van der Waals surface area contributed by atoms with E-state index in [0.29, 0.717) is 6.54 Å². The third-order valence-electron chi connectivity index (χ3n) is 2.24. The Hall–Kier alpha value is -0.250. The number of halogens is 3. The van der Waals surface area contributed by atoms with Crippen LogP contribution in [-0.2, 0) is 0 Å². The molecule has 0 aromatic carbocycles. The molecule has 0 unspecified atom stereocenters. The Balaban J connectivity index is 1.78. The van der Waals surface area contributed by atoms with Crippen molar-refractivity contribution in [2.45, 2.75) is 38.3 Å². The molecule has 0 aliphatic heterocycles. The molecule has 0 aromatic rings. The van der Waals surface area contributed by atoms with Gasteiger partial charge in [-0.2, -0.15) is 13.2 Å². The number of alkyl halides is 3. The van der Waals surface area contributed by atoms with Gasteiger partial charge in [-0.3, -0.25) is 0 Å². The number of nitrogens with one attached hydrogen (secondary N) is 1. The van der Waals surface area contributed by atoms with Crippen molar-refractivity contribution >= 4 is 0 Å². The smallest absolute Gasteiger partial charge is 0.317 e. The first kappa shape index (κ1) is 10.8. The van der Waals surface area contributed by atoms with Gasteiger partial charge >= 0.3 is 6.18 Å². The van der Waals surface area contributed by atoms with Gasteiger partial charge in [-0.1, -0.05) is 12.8 Å². The van der Waals surface area contributed by atoms with Crippen molar-refractivity contribution in [3.05, 3.63) is 0 Å². The molecule has 4 heteroatoms. The number of rotatable bonds is 6. The largest absolute Gasteiger partial charge is 0.389 e. The Morgan fingerprint density at radius 2 is 1.85 bits per heavy atom. The van der Waals surface area contributed by atoms with E-state index in [1.165, 1.54) is 12.8 Å². The average Bonchev–Trinajstić information content (AvgIpc) is 2.77. The van der Waals surface area contributed by atoms with E-state index < -0.39 is 12.6 Å². The highest BCUT2D eigenvalue weighted by Crippen LogP contribution is 2.31. The summed E-state index contributed by atoms with van der Waals surface area (Å²) in [6.45, 7) is 1.37. The average molecular weight is 195 g/mol. The minimum Gasteiger partial charge on any atom is -0.317 e. The standard InChI is InChI=1S/C9H16F3N/c10-9(11,12)5-1-6-13-7-4-8-2-3-8/h8,13H,1-7H2. The molecular formula is C9H16F3N. The van der Waals surface area contributed by atoms with E-state index >= 15 is 0 Å². The van der Waals surface area contributed by atoms with Crippen molar-refractivity contribution in [3.63, 3.8) is 0 Å². The fourth-order valence-electron chi connectivity index (χ4n) is 1.25. The molecule has 0 bridgehead atoms. The molecule has 13 heavy (non-hydrogen) atoms. The zero-order valence-electron chi connectivity index (χ0n) is 7.66. The fraction of sp³-hybridized carbons (Fsp3) is 1.00. The van der Waals surface area contributed by atoms with Gasteiger partial charge in [-0.15, -0.1) is 0 Å². The summed E-state index contributed by atoms with van der Waals surface area (Å²) in [6.07, 6.45) is -0.698. The topological polar surface area (TPSA) is 12.0 Å². The first-order valence-corrected chi connectivity index (χ1v) is 4.85. The molecule has 1 saturated carbocycles. The van der Waals surface area contributed by atoms with E-state index in [2.05, 4.69) is 5.32 Å². The molecular weight excluding hydrogens is 179 g/mol. The molecule has 0 atom stereocenters. The Bertz CT molecular complexity index is 140. The van der Waals surface area contributed by atoms with Crippen LogP contribution in [0.25, 0.3) is 0 Å². The minimum absolute atomic E-state index is 0.203. The zero-order valence-corrected chi connectivity index (χ0v) is 7.66. The summed E-state index contributed by atoms with van der Waals surface area (Å²) in [6, 6.07) is 0. The van der Waals surface area contributed by atoms with Gasteiger partial charge in [0.15, 0.2) is 0 Å². The SMILES string of the molecule is FC(F)(F)CCCNCCC1CC1. The summed E-state index contributed by atoms with van der Waals surface area (Å²) in [4.78, 5) is 0. The highest BCUT2D eigenvalue weighted by atomic mass is 19.4. The van der Waals surface area contributed by atoms with Gasteiger partial charge < -0.3 is 5.32 Å². The summed E-state index contributed by atoms with van der Waals surface area (Å²) in [5.74, 6) is 0.857. The van der Waals surface area contributed by atoms with E-state index in [0.717, 1.165) is 18.9 Å². The Morgan fingerprint density at radius 1 is 1.15 bits per heavy atom. The summed E-state index contributed by atoms with van der Waals surface area (Å²) in [5.41, 5.74) is 0. The summed E-state index contributed by atoms with van der Waals surface area (Å²) < 4.78 is 35.0. The number of hydrogen-bond acceptors (Lipinski definition) is 1. The third-order valence-corrected chi connectivity index (χ3v) is 2.24. The maximum absolute atomic E-state index is 11.7. The van der Waals surface area contributed by atoms with Crippen LogP contribution in [-0.4, -0.2) is 19.3 Å². The molecule has 1 nitrogen and oxygen atoms in total. The van der Waals surface area contributed by atoms with Crippen LogP contribution in [0, 0.1) is 5.92 Å². The second-order valence-electron chi connectivity index (χ2n) is 3.70.